The first kappa shape index (κ1) is 19.7. The highest BCUT2D eigenvalue weighted by Gasteiger charge is 2.32. The van der Waals surface area contributed by atoms with Crippen LogP contribution < -0.4 is 10.6 Å². The zero-order valence-electron chi connectivity index (χ0n) is 15.2. The van der Waals surface area contributed by atoms with Crippen molar-refractivity contribution < 1.29 is 14.5 Å². The maximum Gasteiger partial charge on any atom is 0.269 e. The molecule has 26 heavy (non-hydrogen) atoms. The fourth-order valence-electron chi connectivity index (χ4n) is 3.01. The van der Waals surface area contributed by atoms with Crippen LogP contribution in [0.3, 0.4) is 0 Å². The Morgan fingerprint density at radius 2 is 1.92 bits per heavy atom. The standard InChI is InChI=1S/C18H26N4O4/c1-13(2)18(24)21-12-4-3-5-16(21)17(23)20-11-10-19-14-6-8-15(9-7-14)22(25)26/h6-9,13,16,19H,3-5,10-12H2,1-2H3,(H,20,23)/t16-/m0/s1. The summed E-state index contributed by atoms with van der Waals surface area (Å²) in [6, 6.07) is 5.73. The van der Waals surface area contributed by atoms with Crippen LogP contribution in [-0.4, -0.2) is 47.3 Å². The molecule has 0 radical (unpaired) electrons. The Balaban J connectivity index is 1.80. The van der Waals surface area contributed by atoms with Gasteiger partial charge in [-0.1, -0.05) is 13.8 Å². The number of carbonyl (C=O) groups is 2. The van der Waals surface area contributed by atoms with Crippen LogP contribution in [0.25, 0.3) is 0 Å². The molecule has 1 aromatic rings. The number of nitrogens with one attached hydrogen (secondary N) is 2. The Bertz CT molecular complexity index is 645. The second kappa shape index (κ2) is 9.17. The molecule has 2 N–H and O–H groups in total. The molecule has 0 saturated carbocycles. The van der Waals surface area contributed by atoms with Crippen molar-refractivity contribution in [3.05, 3.63) is 34.4 Å². The lowest BCUT2D eigenvalue weighted by molar-refractivity contribution is -0.384. The fourth-order valence-corrected chi connectivity index (χ4v) is 3.01. The lowest BCUT2D eigenvalue weighted by atomic mass is 9.99. The smallest absolute Gasteiger partial charge is 0.269 e. The number of piperidine rings is 1. The van der Waals surface area contributed by atoms with Gasteiger partial charge in [0.1, 0.15) is 6.04 Å². The molecule has 1 aliphatic heterocycles. The summed E-state index contributed by atoms with van der Waals surface area (Å²) in [4.78, 5) is 36.6. The summed E-state index contributed by atoms with van der Waals surface area (Å²) in [6.45, 7) is 5.24. The molecule has 2 amide bonds. The number of nitro benzene ring substituents is 1. The first-order valence-corrected chi connectivity index (χ1v) is 8.96. The normalized spacial score (nSPS) is 17.0. The predicted octanol–water partition coefficient (Wildman–Crippen LogP) is 2.16. The highest BCUT2D eigenvalue weighted by Crippen LogP contribution is 2.19. The predicted molar refractivity (Wildman–Crippen MR) is 98.8 cm³/mol. The van der Waals surface area contributed by atoms with Crippen molar-refractivity contribution in [1.82, 2.24) is 10.2 Å². The van der Waals surface area contributed by atoms with E-state index in [-0.39, 0.29) is 23.4 Å². The van der Waals surface area contributed by atoms with Gasteiger partial charge in [0, 0.05) is 43.4 Å². The van der Waals surface area contributed by atoms with Crippen molar-refractivity contribution in [3.8, 4) is 0 Å². The van der Waals surface area contributed by atoms with E-state index in [1.807, 2.05) is 13.8 Å². The molecule has 0 spiro atoms. The van der Waals surface area contributed by atoms with E-state index in [1.54, 1.807) is 17.0 Å². The minimum atomic E-state index is -0.446. The summed E-state index contributed by atoms with van der Waals surface area (Å²) in [5.41, 5.74) is 0.787. The average Bonchev–Trinajstić information content (AvgIpc) is 2.64. The number of non-ortho nitro benzene ring substituents is 1. The number of hydrogen-bond acceptors (Lipinski definition) is 5. The third-order valence-electron chi connectivity index (χ3n) is 4.41. The molecular weight excluding hydrogens is 336 g/mol. The average molecular weight is 362 g/mol. The number of hydrogen-bond donors (Lipinski definition) is 2. The van der Waals surface area contributed by atoms with Crippen molar-refractivity contribution in [2.75, 3.05) is 25.0 Å². The van der Waals surface area contributed by atoms with E-state index < -0.39 is 11.0 Å². The monoisotopic (exact) mass is 362 g/mol. The number of nitro groups is 1. The van der Waals surface area contributed by atoms with Gasteiger partial charge in [0.05, 0.1) is 4.92 Å². The largest absolute Gasteiger partial charge is 0.383 e. The molecule has 1 aliphatic rings. The highest BCUT2D eigenvalue weighted by molar-refractivity contribution is 5.88. The van der Waals surface area contributed by atoms with Crippen molar-refractivity contribution in [3.63, 3.8) is 0 Å². The van der Waals surface area contributed by atoms with Crippen LogP contribution in [0, 0.1) is 16.0 Å². The van der Waals surface area contributed by atoms with E-state index in [9.17, 15) is 19.7 Å². The van der Waals surface area contributed by atoms with Gasteiger partial charge in [-0.25, -0.2) is 0 Å². The molecule has 1 aromatic carbocycles. The molecule has 1 saturated heterocycles. The van der Waals surface area contributed by atoms with E-state index >= 15 is 0 Å². The third kappa shape index (κ3) is 5.18. The Morgan fingerprint density at radius 1 is 1.23 bits per heavy atom. The summed E-state index contributed by atoms with van der Waals surface area (Å²) in [6.07, 6.45) is 2.57. The van der Waals surface area contributed by atoms with Crippen molar-refractivity contribution in [2.45, 2.75) is 39.2 Å². The van der Waals surface area contributed by atoms with Gasteiger partial charge in [-0.05, 0) is 31.4 Å². The van der Waals surface area contributed by atoms with E-state index in [2.05, 4.69) is 10.6 Å². The molecule has 1 heterocycles. The number of benzene rings is 1. The van der Waals surface area contributed by atoms with E-state index in [1.165, 1.54) is 12.1 Å². The number of carbonyl (C=O) groups excluding carboxylic acids is 2. The summed E-state index contributed by atoms with van der Waals surface area (Å²) >= 11 is 0. The number of anilines is 1. The van der Waals surface area contributed by atoms with Crippen molar-refractivity contribution in [2.24, 2.45) is 5.92 Å². The van der Waals surface area contributed by atoms with Crippen LogP contribution in [0.1, 0.15) is 33.1 Å². The van der Waals surface area contributed by atoms with Gasteiger partial charge >= 0.3 is 0 Å². The van der Waals surface area contributed by atoms with E-state index in [0.717, 1.165) is 18.5 Å². The summed E-state index contributed by atoms with van der Waals surface area (Å²) in [5, 5.41) is 16.6. The minimum Gasteiger partial charge on any atom is -0.383 e. The van der Waals surface area contributed by atoms with Crippen LogP contribution in [0.4, 0.5) is 11.4 Å². The Hall–Kier alpha value is -2.64. The number of amides is 2. The molecule has 2 rings (SSSR count). The van der Waals surface area contributed by atoms with Gasteiger partial charge in [0.15, 0.2) is 0 Å². The third-order valence-corrected chi connectivity index (χ3v) is 4.41. The zero-order valence-corrected chi connectivity index (χ0v) is 15.2. The molecule has 142 valence electrons. The molecule has 0 aromatic heterocycles. The van der Waals surface area contributed by atoms with Gasteiger partial charge in [-0.2, -0.15) is 0 Å². The number of rotatable bonds is 7. The van der Waals surface area contributed by atoms with Gasteiger partial charge in [0.2, 0.25) is 11.8 Å². The first-order valence-electron chi connectivity index (χ1n) is 8.96. The molecule has 0 aliphatic carbocycles. The highest BCUT2D eigenvalue weighted by atomic mass is 16.6. The van der Waals surface area contributed by atoms with Crippen molar-refractivity contribution >= 4 is 23.2 Å². The fraction of sp³-hybridized carbons (Fsp3) is 0.556. The lowest BCUT2D eigenvalue weighted by Crippen LogP contribution is -2.53. The minimum absolute atomic E-state index is 0.0221. The van der Waals surface area contributed by atoms with E-state index in [4.69, 9.17) is 0 Å². The van der Waals surface area contributed by atoms with E-state index in [0.29, 0.717) is 26.1 Å². The van der Waals surface area contributed by atoms with Crippen LogP contribution in [0.2, 0.25) is 0 Å². The molecule has 0 bridgehead atoms. The number of nitrogens with zero attached hydrogens (tertiary/aromatic N) is 2. The van der Waals surface area contributed by atoms with Gasteiger partial charge in [-0.15, -0.1) is 0 Å². The van der Waals surface area contributed by atoms with Crippen LogP contribution in [0.5, 0.6) is 0 Å². The molecule has 1 atom stereocenters. The first-order chi connectivity index (χ1) is 12.4. The Labute approximate surface area is 153 Å². The molecule has 0 unspecified atom stereocenters. The Kier molecular flexibility index (Phi) is 6.94. The summed E-state index contributed by atoms with van der Waals surface area (Å²) in [7, 11) is 0. The maximum absolute atomic E-state index is 12.5. The summed E-state index contributed by atoms with van der Waals surface area (Å²) < 4.78 is 0. The summed E-state index contributed by atoms with van der Waals surface area (Å²) in [5.74, 6) is -0.217. The Morgan fingerprint density at radius 3 is 2.54 bits per heavy atom. The van der Waals surface area contributed by atoms with Gasteiger partial charge < -0.3 is 15.5 Å². The molecule has 1 fully saturated rings. The SMILES string of the molecule is CC(C)C(=O)N1CCCC[C@H]1C(=O)NCCNc1ccc([N+](=O)[O-])cc1. The topological polar surface area (TPSA) is 105 Å². The molecule has 8 heteroatoms. The quantitative estimate of drug-likeness (QED) is 0.439. The maximum atomic E-state index is 12.5. The van der Waals surface area contributed by atoms with Crippen LogP contribution >= 0.6 is 0 Å². The zero-order chi connectivity index (χ0) is 19.1. The lowest BCUT2D eigenvalue weighted by Gasteiger charge is -2.35. The van der Waals surface area contributed by atoms with Crippen LogP contribution in [0.15, 0.2) is 24.3 Å². The molecular formula is C18H26N4O4. The van der Waals surface area contributed by atoms with Crippen LogP contribution in [-0.2, 0) is 9.59 Å². The second-order valence-corrected chi connectivity index (χ2v) is 6.72. The van der Waals surface area contributed by atoms with Gasteiger partial charge in [-0.3, -0.25) is 19.7 Å². The second-order valence-electron chi connectivity index (χ2n) is 6.72. The molecule has 8 nitrogen and oxygen atoms in total. The number of likely N-dealkylation sites (tertiary alicyclic amines) is 1. The van der Waals surface area contributed by atoms with Crippen molar-refractivity contribution in [1.29, 1.82) is 0 Å². The van der Waals surface area contributed by atoms with Gasteiger partial charge in [0.25, 0.3) is 5.69 Å².